The maximum atomic E-state index is 12.5. The summed E-state index contributed by atoms with van der Waals surface area (Å²) in [6.45, 7) is 0. The normalized spacial score (nSPS) is 21.4. The lowest BCUT2D eigenvalue weighted by molar-refractivity contribution is -0.143. The molecule has 5 heteroatoms. The lowest BCUT2D eigenvalue weighted by atomic mass is 9.92. The van der Waals surface area contributed by atoms with Crippen molar-refractivity contribution in [2.24, 2.45) is 0 Å². The van der Waals surface area contributed by atoms with Crippen LogP contribution in [-0.4, -0.2) is 11.8 Å². The van der Waals surface area contributed by atoms with Crippen molar-refractivity contribution < 1.29 is 14.3 Å². The zero-order valence-electron chi connectivity index (χ0n) is 10.8. The van der Waals surface area contributed by atoms with E-state index in [2.05, 4.69) is 0 Å². The van der Waals surface area contributed by atoms with Crippen LogP contribution in [0.5, 0.6) is 0 Å². The van der Waals surface area contributed by atoms with Crippen LogP contribution in [0.15, 0.2) is 48.5 Å². The largest absolute Gasteiger partial charge is 0.449 e. The van der Waals surface area contributed by atoms with Crippen LogP contribution in [0.1, 0.15) is 23.1 Å². The maximum absolute atomic E-state index is 12.5. The third-order valence-corrected chi connectivity index (χ3v) is 4.24. The number of esters is 1. The first-order valence-electron chi connectivity index (χ1n) is 6.32. The number of ether oxygens (including phenoxy) is 1. The van der Waals surface area contributed by atoms with Gasteiger partial charge >= 0.3 is 5.97 Å². The van der Waals surface area contributed by atoms with Gasteiger partial charge in [0.15, 0.2) is 11.9 Å². The summed E-state index contributed by atoms with van der Waals surface area (Å²) in [5, 5.41) is 0.515. The molecule has 0 amide bonds. The molecule has 106 valence electrons. The molecule has 0 N–H and O–H groups in total. The van der Waals surface area contributed by atoms with Crippen LogP contribution in [-0.2, 0) is 14.3 Å². The number of rotatable bonds is 2. The zero-order valence-corrected chi connectivity index (χ0v) is 12.3. The van der Waals surface area contributed by atoms with E-state index in [1.807, 2.05) is 6.07 Å². The summed E-state index contributed by atoms with van der Waals surface area (Å²) in [6.07, 6.45) is -0.890. The topological polar surface area (TPSA) is 43.4 Å². The van der Waals surface area contributed by atoms with Gasteiger partial charge in [-0.15, -0.1) is 0 Å². The lowest BCUT2D eigenvalue weighted by Gasteiger charge is -2.09. The molecule has 3 nitrogen and oxygen atoms in total. The van der Waals surface area contributed by atoms with Crippen LogP contribution < -0.4 is 0 Å². The standard InChI is InChI=1S/C16H10Cl2O3/c17-11-8-4-7-10(13(11)18)12-14(19)15(21-16(12)20)9-5-2-1-3-6-9/h1-8,12,15H. The molecule has 0 aromatic heterocycles. The van der Waals surface area contributed by atoms with Gasteiger partial charge in [-0.25, -0.2) is 0 Å². The van der Waals surface area contributed by atoms with Crippen molar-refractivity contribution in [3.8, 4) is 0 Å². The highest BCUT2D eigenvalue weighted by Gasteiger charge is 2.45. The van der Waals surface area contributed by atoms with Gasteiger partial charge in [-0.3, -0.25) is 9.59 Å². The first kappa shape index (κ1) is 14.1. The lowest BCUT2D eigenvalue weighted by Crippen LogP contribution is -2.15. The van der Waals surface area contributed by atoms with Gasteiger partial charge in [-0.05, 0) is 11.6 Å². The Balaban J connectivity index is 2.00. The fourth-order valence-electron chi connectivity index (χ4n) is 2.39. The smallest absolute Gasteiger partial charge is 0.322 e. The molecular weight excluding hydrogens is 311 g/mol. The maximum Gasteiger partial charge on any atom is 0.322 e. The van der Waals surface area contributed by atoms with Gasteiger partial charge in [0.05, 0.1) is 10.0 Å². The summed E-state index contributed by atoms with van der Waals surface area (Å²) in [6, 6.07) is 13.8. The molecule has 1 fully saturated rings. The SMILES string of the molecule is O=C1OC(c2ccccc2)C(=O)C1c1cccc(Cl)c1Cl. The van der Waals surface area contributed by atoms with Crippen LogP contribution >= 0.6 is 23.2 Å². The van der Waals surface area contributed by atoms with Crippen LogP contribution in [0, 0.1) is 0 Å². The fraction of sp³-hybridized carbons (Fsp3) is 0.125. The van der Waals surface area contributed by atoms with Gasteiger partial charge in [-0.2, -0.15) is 0 Å². The third kappa shape index (κ3) is 2.43. The van der Waals surface area contributed by atoms with Crippen LogP contribution in [0.2, 0.25) is 10.0 Å². The predicted octanol–water partition coefficient (Wildman–Crippen LogP) is 3.94. The zero-order chi connectivity index (χ0) is 15.0. The summed E-state index contributed by atoms with van der Waals surface area (Å²) < 4.78 is 5.23. The molecule has 0 aliphatic carbocycles. The number of halogens is 2. The molecule has 0 bridgehead atoms. The average Bonchev–Trinajstić information content (AvgIpc) is 2.78. The minimum atomic E-state index is -1.03. The molecular formula is C16H10Cl2O3. The number of hydrogen-bond donors (Lipinski definition) is 0. The van der Waals surface area contributed by atoms with Crippen molar-refractivity contribution >= 4 is 35.0 Å². The molecule has 2 aromatic carbocycles. The van der Waals surface area contributed by atoms with Gasteiger partial charge in [0.25, 0.3) is 0 Å². The van der Waals surface area contributed by atoms with E-state index in [1.165, 1.54) is 0 Å². The Hall–Kier alpha value is -1.84. The Labute approximate surface area is 131 Å². The van der Waals surface area contributed by atoms with Crippen molar-refractivity contribution in [3.05, 3.63) is 69.7 Å². The number of ketones is 1. The average molecular weight is 321 g/mol. The first-order chi connectivity index (χ1) is 10.1. The Morgan fingerprint density at radius 3 is 2.33 bits per heavy atom. The molecule has 2 aromatic rings. The summed E-state index contributed by atoms with van der Waals surface area (Å²) in [5.74, 6) is -1.95. The number of carbonyl (C=O) groups excluding carboxylic acids is 2. The number of carbonyl (C=O) groups is 2. The quantitative estimate of drug-likeness (QED) is 0.621. The minimum Gasteiger partial charge on any atom is -0.449 e. The fourth-order valence-corrected chi connectivity index (χ4v) is 2.81. The van der Waals surface area contributed by atoms with E-state index < -0.39 is 18.0 Å². The highest BCUT2D eigenvalue weighted by Crippen LogP contribution is 2.40. The second-order valence-electron chi connectivity index (χ2n) is 4.71. The van der Waals surface area contributed by atoms with Gasteiger partial charge in [0, 0.05) is 5.56 Å². The van der Waals surface area contributed by atoms with E-state index in [-0.39, 0.29) is 10.8 Å². The first-order valence-corrected chi connectivity index (χ1v) is 7.08. The monoisotopic (exact) mass is 320 g/mol. The second kappa shape index (κ2) is 5.51. The Morgan fingerprint density at radius 2 is 1.62 bits per heavy atom. The van der Waals surface area contributed by atoms with E-state index in [0.717, 1.165) is 0 Å². The van der Waals surface area contributed by atoms with Crippen molar-refractivity contribution in [2.75, 3.05) is 0 Å². The van der Waals surface area contributed by atoms with Crippen LogP contribution in [0.3, 0.4) is 0 Å². The molecule has 1 aliphatic heterocycles. The predicted molar refractivity (Wildman–Crippen MR) is 79.5 cm³/mol. The Morgan fingerprint density at radius 1 is 0.905 bits per heavy atom. The summed E-state index contributed by atoms with van der Waals surface area (Å²) in [5.41, 5.74) is 1.04. The molecule has 2 unspecified atom stereocenters. The van der Waals surface area contributed by atoms with E-state index in [9.17, 15) is 9.59 Å². The second-order valence-corrected chi connectivity index (χ2v) is 5.49. The molecule has 1 heterocycles. The van der Waals surface area contributed by atoms with Crippen molar-refractivity contribution in [3.63, 3.8) is 0 Å². The molecule has 0 saturated carbocycles. The summed E-state index contributed by atoms with van der Waals surface area (Å²) >= 11 is 12.1. The van der Waals surface area contributed by atoms with Gasteiger partial charge in [0.2, 0.25) is 0 Å². The minimum absolute atomic E-state index is 0.211. The molecule has 0 spiro atoms. The highest BCUT2D eigenvalue weighted by atomic mass is 35.5. The molecule has 0 radical (unpaired) electrons. The molecule has 21 heavy (non-hydrogen) atoms. The number of cyclic esters (lactones) is 1. The number of benzene rings is 2. The Bertz CT molecular complexity index is 713. The third-order valence-electron chi connectivity index (χ3n) is 3.41. The van der Waals surface area contributed by atoms with E-state index in [1.54, 1.807) is 42.5 Å². The van der Waals surface area contributed by atoms with Crippen LogP contribution in [0.4, 0.5) is 0 Å². The van der Waals surface area contributed by atoms with Gasteiger partial charge in [0.1, 0.15) is 5.92 Å². The van der Waals surface area contributed by atoms with Gasteiger partial charge in [-0.1, -0.05) is 65.7 Å². The summed E-state index contributed by atoms with van der Waals surface area (Å²) in [7, 11) is 0. The van der Waals surface area contributed by atoms with E-state index in [0.29, 0.717) is 16.1 Å². The molecule has 1 aliphatic rings. The van der Waals surface area contributed by atoms with Crippen molar-refractivity contribution in [1.82, 2.24) is 0 Å². The van der Waals surface area contributed by atoms with E-state index >= 15 is 0 Å². The Kier molecular flexibility index (Phi) is 3.70. The van der Waals surface area contributed by atoms with Crippen molar-refractivity contribution in [1.29, 1.82) is 0 Å². The number of hydrogen-bond acceptors (Lipinski definition) is 3. The summed E-state index contributed by atoms with van der Waals surface area (Å²) in [4.78, 5) is 24.6. The molecule has 3 rings (SSSR count). The van der Waals surface area contributed by atoms with Crippen LogP contribution in [0.25, 0.3) is 0 Å². The van der Waals surface area contributed by atoms with Gasteiger partial charge < -0.3 is 4.74 Å². The van der Waals surface area contributed by atoms with Crippen molar-refractivity contribution in [2.45, 2.75) is 12.0 Å². The number of Topliss-reactive ketones (excluding diaryl/α,β-unsaturated/α-hetero) is 1. The molecule has 2 atom stereocenters. The highest BCUT2D eigenvalue weighted by molar-refractivity contribution is 6.43. The molecule has 1 saturated heterocycles. The van der Waals surface area contributed by atoms with E-state index in [4.69, 9.17) is 27.9 Å².